The SMILES string of the molecule is C[C@H](CCC(=O)N1CCN(CCO)CC1)C1CCC2[C@@H]3CC[C@@H]4C[C@H](O)CC[C@]4(C)C3CC[C@@]21C. The zero-order chi connectivity index (χ0) is 24.8. The second-order valence-corrected chi connectivity index (χ2v) is 13.8. The van der Waals surface area contributed by atoms with Crippen molar-refractivity contribution in [1.82, 2.24) is 9.80 Å². The molecular weight excluding hydrogens is 436 g/mol. The van der Waals surface area contributed by atoms with E-state index < -0.39 is 0 Å². The zero-order valence-corrected chi connectivity index (χ0v) is 22.8. The van der Waals surface area contributed by atoms with Crippen molar-refractivity contribution in [3.63, 3.8) is 0 Å². The molecule has 5 aliphatic rings. The van der Waals surface area contributed by atoms with E-state index in [1.807, 2.05) is 0 Å². The minimum Gasteiger partial charge on any atom is -0.395 e. The van der Waals surface area contributed by atoms with Crippen LogP contribution in [0.1, 0.15) is 91.4 Å². The maximum absolute atomic E-state index is 13.0. The van der Waals surface area contributed by atoms with Crippen LogP contribution in [0.15, 0.2) is 0 Å². The first-order valence-corrected chi connectivity index (χ1v) is 15.1. The normalized spacial score (nSPS) is 44.9. The van der Waals surface area contributed by atoms with E-state index in [-0.39, 0.29) is 12.7 Å². The number of fused-ring (bicyclic) bond motifs is 5. The Hall–Kier alpha value is -0.650. The Morgan fingerprint density at radius 3 is 2.40 bits per heavy atom. The lowest BCUT2D eigenvalue weighted by molar-refractivity contribution is -0.134. The number of nitrogens with zero attached hydrogens (tertiary/aromatic N) is 2. The molecule has 2 N–H and O–H groups in total. The molecule has 4 saturated carbocycles. The molecule has 3 unspecified atom stereocenters. The maximum atomic E-state index is 13.0. The Kier molecular flexibility index (Phi) is 7.61. The molecule has 5 rings (SSSR count). The summed E-state index contributed by atoms with van der Waals surface area (Å²) in [4.78, 5) is 17.3. The molecule has 1 amide bonds. The highest BCUT2D eigenvalue weighted by Crippen LogP contribution is 2.68. The minimum atomic E-state index is -0.0534. The number of carbonyl (C=O) groups excluding carboxylic acids is 1. The molecule has 0 bridgehead atoms. The van der Waals surface area contributed by atoms with Crippen LogP contribution in [0.25, 0.3) is 0 Å². The average molecular weight is 489 g/mol. The van der Waals surface area contributed by atoms with Crippen LogP contribution in [0.2, 0.25) is 0 Å². The van der Waals surface area contributed by atoms with Crippen LogP contribution in [-0.4, -0.2) is 71.4 Å². The summed E-state index contributed by atoms with van der Waals surface area (Å²) < 4.78 is 0. The number of aliphatic hydroxyl groups excluding tert-OH is 2. The van der Waals surface area contributed by atoms with Crippen LogP contribution in [0, 0.1) is 46.3 Å². The van der Waals surface area contributed by atoms with Gasteiger partial charge in [-0.05, 0) is 111 Å². The van der Waals surface area contributed by atoms with Gasteiger partial charge in [0.1, 0.15) is 0 Å². The molecule has 0 aromatic rings. The van der Waals surface area contributed by atoms with Gasteiger partial charge in [-0.25, -0.2) is 0 Å². The van der Waals surface area contributed by atoms with Gasteiger partial charge in [0, 0.05) is 39.1 Å². The second-order valence-electron chi connectivity index (χ2n) is 13.8. The monoisotopic (exact) mass is 488 g/mol. The van der Waals surface area contributed by atoms with Gasteiger partial charge in [0.05, 0.1) is 12.7 Å². The van der Waals surface area contributed by atoms with E-state index in [1.165, 1.54) is 44.9 Å². The van der Waals surface area contributed by atoms with E-state index in [0.29, 0.717) is 29.1 Å². The van der Waals surface area contributed by atoms with Crippen LogP contribution in [0.5, 0.6) is 0 Å². The fourth-order valence-corrected chi connectivity index (χ4v) is 10.3. The molecule has 5 fully saturated rings. The predicted molar refractivity (Wildman–Crippen MR) is 140 cm³/mol. The zero-order valence-electron chi connectivity index (χ0n) is 22.8. The molecular formula is C30H52N2O3. The molecule has 9 atom stereocenters. The molecule has 0 radical (unpaired) electrons. The maximum Gasteiger partial charge on any atom is 0.222 e. The van der Waals surface area contributed by atoms with Gasteiger partial charge in [-0.2, -0.15) is 0 Å². The largest absolute Gasteiger partial charge is 0.395 e. The topological polar surface area (TPSA) is 64.0 Å². The Morgan fingerprint density at radius 2 is 1.66 bits per heavy atom. The fraction of sp³-hybridized carbons (Fsp3) is 0.967. The van der Waals surface area contributed by atoms with Gasteiger partial charge in [-0.1, -0.05) is 20.8 Å². The molecule has 1 heterocycles. The van der Waals surface area contributed by atoms with Gasteiger partial charge >= 0.3 is 0 Å². The van der Waals surface area contributed by atoms with E-state index in [0.717, 1.165) is 81.6 Å². The van der Waals surface area contributed by atoms with Crippen molar-refractivity contribution in [3.8, 4) is 0 Å². The van der Waals surface area contributed by atoms with Crippen molar-refractivity contribution in [1.29, 1.82) is 0 Å². The molecule has 5 nitrogen and oxygen atoms in total. The standard InChI is InChI=1S/C30H52N2O3/c1-21(4-9-28(35)32-16-14-31(15-17-32)18-19-33)25-7-8-26-24-6-5-22-20-23(34)10-12-29(22,2)27(24)11-13-30(25,26)3/h21-27,33-34H,4-20H2,1-3H3/t21-,22-,23-,24+,25?,26?,27?,29+,30-/m1/s1. The van der Waals surface area contributed by atoms with Crippen molar-refractivity contribution in [2.45, 2.75) is 97.5 Å². The van der Waals surface area contributed by atoms with E-state index in [4.69, 9.17) is 5.11 Å². The van der Waals surface area contributed by atoms with E-state index in [9.17, 15) is 9.90 Å². The predicted octanol–water partition coefficient (Wildman–Crippen LogP) is 4.56. The lowest BCUT2D eigenvalue weighted by atomic mass is 9.44. The molecule has 35 heavy (non-hydrogen) atoms. The van der Waals surface area contributed by atoms with Crippen molar-refractivity contribution in [2.75, 3.05) is 39.3 Å². The van der Waals surface area contributed by atoms with Crippen molar-refractivity contribution >= 4 is 5.91 Å². The van der Waals surface area contributed by atoms with Crippen molar-refractivity contribution in [2.24, 2.45) is 46.3 Å². The van der Waals surface area contributed by atoms with Crippen molar-refractivity contribution < 1.29 is 15.0 Å². The number of amides is 1. The van der Waals surface area contributed by atoms with Crippen LogP contribution in [-0.2, 0) is 4.79 Å². The third-order valence-corrected chi connectivity index (χ3v) is 12.4. The number of β-amino-alcohol motifs (C(OH)–C–C–N with tert-alkyl or cyclic N) is 1. The highest BCUT2D eigenvalue weighted by molar-refractivity contribution is 5.76. The number of hydrogen-bond donors (Lipinski definition) is 2. The second kappa shape index (κ2) is 10.3. The summed E-state index contributed by atoms with van der Waals surface area (Å²) in [6.07, 6.45) is 13.2. The lowest BCUT2D eigenvalue weighted by Crippen LogP contribution is -2.54. The molecule has 0 aromatic heterocycles. The number of aliphatic hydroxyl groups is 2. The quantitative estimate of drug-likeness (QED) is 0.575. The molecule has 4 aliphatic carbocycles. The molecule has 1 aliphatic heterocycles. The highest BCUT2D eigenvalue weighted by atomic mass is 16.3. The van der Waals surface area contributed by atoms with Crippen molar-refractivity contribution in [3.05, 3.63) is 0 Å². The van der Waals surface area contributed by atoms with Gasteiger partial charge in [0.2, 0.25) is 5.91 Å². The third kappa shape index (κ3) is 4.72. The summed E-state index contributed by atoms with van der Waals surface area (Å²) in [6.45, 7) is 12.0. The molecule has 0 aromatic carbocycles. The molecule has 1 saturated heterocycles. The van der Waals surface area contributed by atoms with Crippen LogP contribution in [0.4, 0.5) is 0 Å². The van der Waals surface area contributed by atoms with Gasteiger partial charge in [0.15, 0.2) is 0 Å². The van der Waals surface area contributed by atoms with E-state index >= 15 is 0 Å². The third-order valence-electron chi connectivity index (χ3n) is 12.4. The van der Waals surface area contributed by atoms with Gasteiger partial charge in [-0.15, -0.1) is 0 Å². The summed E-state index contributed by atoms with van der Waals surface area (Å²) in [5.74, 6) is 5.10. The van der Waals surface area contributed by atoms with Gasteiger partial charge in [0.25, 0.3) is 0 Å². The first kappa shape index (κ1) is 26.0. The molecule has 0 spiro atoms. The summed E-state index contributed by atoms with van der Waals surface area (Å²) in [7, 11) is 0. The summed E-state index contributed by atoms with van der Waals surface area (Å²) in [6, 6.07) is 0. The lowest BCUT2D eigenvalue weighted by Gasteiger charge is -2.61. The Labute approximate surface area is 214 Å². The number of carbonyl (C=O) groups is 1. The smallest absolute Gasteiger partial charge is 0.222 e. The number of hydrogen-bond acceptors (Lipinski definition) is 4. The van der Waals surface area contributed by atoms with Crippen LogP contribution in [0.3, 0.4) is 0 Å². The van der Waals surface area contributed by atoms with Crippen LogP contribution < -0.4 is 0 Å². The average Bonchev–Trinajstić information content (AvgIpc) is 3.21. The molecule has 5 heteroatoms. The Bertz CT molecular complexity index is 752. The Morgan fingerprint density at radius 1 is 0.943 bits per heavy atom. The summed E-state index contributed by atoms with van der Waals surface area (Å²) in [5.41, 5.74) is 0.914. The minimum absolute atomic E-state index is 0.0534. The Balaban J connectivity index is 1.17. The number of rotatable bonds is 6. The van der Waals surface area contributed by atoms with E-state index in [1.54, 1.807) is 0 Å². The van der Waals surface area contributed by atoms with E-state index in [2.05, 4.69) is 30.6 Å². The van der Waals surface area contributed by atoms with Gasteiger partial charge in [-0.3, -0.25) is 9.69 Å². The summed E-state index contributed by atoms with van der Waals surface area (Å²) >= 11 is 0. The first-order valence-electron chi connectivity index (χ1n) is 15.1. The highest BCUT2D eigenvalue weighted by Gasteiger charge is 2.60. The van der Waals surface area contributed by atoms with Crippen LogP contribution >= 0.6 is 0 Å². The summed E-state index contributed by atoms with van der Waals surface area (Å²) in [5, 5.41) is 19.5. The fourth-order valence-electron chi connectivity index (χ4n) is 10.3. The van der Waals surface area contributed by atoms with Gasteiger partial charge < -0.3 is 15.1 Å². The molecule has 200 valence electrons. The first-order chi connectivity index (χ1) is 16.8. The number of piperazine rings is 1.